The first-order valence-electron chi connectivity index (χ1n) is 7.45. The van der Waals surface area contributed by atoms with Crippen molar-refractivity contribution in [2.45, 2.75) is 6.16 Å². The van der Waals surface area contributed by atoms with Crippen molar-refractivity contribution in [3.8, 4) is 0 Å². The van der Waals surface area contributed by atoms with Crippen LogP contribution >= 0.6 is 7.92 Å². The van der Waals surface area contributed by atoms with Gasteiger partial charge < -0.3 is 0 Å². The van der Waals surface area contributed by atoms with E-state index in [0.717, 1.165) is 10.6 Å². The van der Waals surface area contributed by atoms with Crippen molar-refractivity contribution < 1.29 is 9.31 Å². The van der Waals surface area contributed by atoms with Crippen LogP contribution in [0, 0.1) is 15.9 Å². The lowest BCUT2D eigenvalue weighted by atomic mass is 10.2. The van der Waals surface area contributed by atoms with Crippen molar-refractivity contribution in [2.24, 2.45) is 0 Å². The van der Waals surface area contributed by atoms with Gasteiger partial charge in [0.05, 0.1) is 4.92 Å². The number of non-ortho nitro benzene ring substituents is 1. The third-order valence-electron chi connectivity index (χ3n) is 3.70. The van der Waals surface area contributed by atoms with E-state index in [1.807, 2.05) is 60.7 Å². The lowest BCUT2D eigenvalue weighted by molar-refractivity contribution is -0.385. The molecule has 3 rings (SSSR count). The van der Waals surface area contributed by atoms with Crippen LogP contribution in [0.2, 0.25) is 0 Å². The lowest BCUT2D eigenvalue weighted by Gasteiger charge is -2.19. The fourth-order valence-corrected chi connectivity index (χ4v) is 4.82. The molecule has 3 aromatic carbocycles. The highest BCUT2D eigenvalue weighted by Crippen LogP contribution is 2.39. The Morgan fingerprint density at radius 3 is 1.92 bits per heavy atom. The van der Waals surface area contributed by atoms with Crippen LogP contribution in [0.4, 0.5) is 10.1 Å². The first-order valence-corrected chi connectivity index (χ1v) is 8.98. The summed E-state index contributed by atoms with van der Waals surface area (Å²) in [5.74, 6) is -0.403. The third-order valence-corrected chi connectivity index (χ3v) is 6.20. The highest BCUT2D eigenvalue weighted by Gasteiger charge is 2.18. The topological polar surface area (TPSA) is 43.1 Å². The van der Waals surface area contributed by atoms with Crippen LogP contribution in [0.25, 0.3) is 0 Å². The van der Waals surface area contributed by atoms with Crippen LogP contribution in [0.3, 0.4) is 0 Å². The second-order valence-corrected chi connectivity index (χ2v) is 7.50. The number of hydrogen-bond acceptors (Lipinski definition) is 2. The molecule has 0 atom stereocenters. The van der Waals surface area contributed by atoms with Gasteiger partial charge in [-0.3, -0.25) is 10.1 Å². The zero-order valence-corrected chi connectivity index (χ0v) is 13.7. The smallest absolute Gasteiger partial charge is 0.258 e. The first-order chi connectivity index (χ1) is 11.6. The molecule has 0 radical (unpaired) electrons. The number of nitrogens with zero attached hydrogens (tertiary/aromatic N) is 1. The largest absolute Gasteiger partial charge is 0.269 e. The molecule has 120 valence electrons. The Balaban J connectivity index is 2.02. The molecule has 0 spiro atoms. The van der Waals surface area contributed by atoms with Gasteiger partial charge in [-0.1, -0.05) is 60.7 Å². The average molecular weight is 339 g/mol. The van der Waals surface area contributed by atoms with Gasteiger partial charge >= 0.3 is 0 Å². The van der Waals surface area contributed by atoms with Gasteiger partial charge in [-0.15, -0.1) is 0 Å². The van der Waals surface area contributed by atoms with Crippen molar-refractivity contribution in [2.75, 3.05) is 0 Å². The fraction of sp³-hybridized carbons (Fsp3) is 0.0526. The molecular weight excluding hydrogens is 324 g/mol. The minimum absolute atomic E-state index is 0.0810. The molecule has 0 N–H and O–H groups in total. The van der Waals surface area contributed by atoms with Crippen molar-refractivity contribution in [3.63, 3.8) is 0 Å². The van der Waals surface area contributed by atoms with E-state index in [-0.39, 0.29) is 5.69 Å². The molecule has 0 saturated carbocycles. The van der Waals surface area contributed by atoms with Crippen molar-refractivity contribution in [3.05, 3.63) is 100 Å². The molecule has 0 amide bonds. The van der Waals surface area contributed by atoms with Crippen LogP contribution < -0.4 is 10.6 Å². The number of nitro groups is 1. The molecule has 0 saturated heterocycles. The second kappa shape index (κ2) is 7.33. The van der Waals surface area contributed by atoms with Crippen LogP contribution in [-0.2, 0) is 6.16 Å². The molecule has 5 heteroatoms. The summed E-state index contributed by atoms with van der Waals surface area (Å²) < 4.78 is 14.2. The van der Waals surface area contributed by atoms with E-state index in [9.17, 15) is 14.5 Å². The van der Waals surface area contributed by atoms with Gasteiger partial charge in [0.2, 0.25) is 0 Å². The van der Waals surface area contributed by atoms with Gasteiger partial charge in [0, 0.05) is 18.3 Å². The number of halogens is 1. The first kappa shape index (κ1) is 16.3. The molecule has 0 bridgehead atoms. The Bertz CT molecular complexity index is 801. The second-order valence-electron chi connectivity index (χ2n) is 5.29. The maximum absolute atomic E-state index is 14.2. The fourth-order valence-electron chi connectivity index (χ4n) is 2.51. The minimum Gasteiger partial charge on any atom is -0.258 e. The molecule has 0 aromatic heterocycles. The van der Waals surface area contributed by atoms with Crippen LogP contribution in [0.15, 0.2) is 78.9 Å². The summed E-state index contributed by atoms with van der Waals surface area (Å²) in [6.45, 7) is 0. The summed E-state index contributed by atoms with van der Waals surface area (Å²) in [6.07, 6.45) is 0.427. The van der Waals surface area contributed by atoms with E-state index in [0.29, 0.717) is 11.7 Å². The van der Waals surface area contributed by atoms with E-state index in [1.165, 1.54) is 18.2 Å². The molecule has 0 fully saturated rings. The molecule has 0 aliphatic carbocycles. The van der Waals surface area contributed by atoms with Crippen molar-refractivity contribution >= 4 is 24.2 Å². The van der Waals surface area contributed by atoms with E-state index in [4.69, 9.17) is 0 Å². The molecule has 24 heavy (non-hydrogen) atoms. The van der Waals surface area contributed by atoms with Gasteiger partial charge in [-0.25, -0.2) is 4.39 Å². The summed E-state index contributed by atoms with van der Waals surface area (Å²) in [7, 11) is -0.838. The Labute approximate surface area is 140 Å². The summed E-state index contributed by atoms with van der Waals surface area (Å²) in [4.78, 5) is 10.5. The van der Waals surface area contributed by atoms with Gasteiger partial charge in [-0.2, -0.15) is 0 Å². The minimum atomic E-state index is -0.838. The summed E-state index contributed by atoms with van der Waals surface area (Å²) in [5, 5.41) is 13.2. The Morgan fingerprint density at radius 2 is 1.42 bits per heavy atom. The van der Waals surface area contributed by atoms with E-state index < -0.39 is 18.7 Å². The maximum atomic E-state index is 14.2. The summed E-state index contributed by atoms with van der Waals surface area (Å²) in [6, 6.07) is 23.5. The van der Waals surface area contributed by atoms with Gasteiger partial charge in [0.25, 0.3) is 5.69 Å². The Kier molecular flexibility index (Phi) is 4.97. The predicted molar refractivity (Wildman–Crippen MR) is 95.8 cm³/mol. The van der Waals surface area contributed by atoms with Gasteiger partial charge in [0.1, 0.15) is 5.82 Å². The highest BCUT2D eigenvalue weighted by atomic mass is 31.1. The van der Waals surface area contributed by atoms with E-state index in [1.54, 1.807) is 0 Å². The molecule has 3 aromatic rings. The predicted octanol–water partition coefficient (Wildman–Crippen LogP) is 4.37. The number of nitro benzene ring substituents is 1. The molecule has 0 heterocycles. The quantitative estimate of drug-likeness (QED) is 0.394. The van der Waals surface area contributed by atoms with Gasteiger partial charge in [0.15, 0.2) is 0 Å². The van der Waals surface area contributed by atoms with Gasteiger partial charge in [-0.05, 0) is 30.2 Å². The van der Waals surface area contributed by atoms with Crippen molar-refractivity contribution in [1.82, 2.24) is 0 Å². The molecule has 0 unspecified atom stereocenters. The molecule has 3 nitrogen and oxygen atoms in total. The number of hydrogen-bond donors (Lipinski definition) is 0. The zero-order valence-electron chi connectivity index (χ0n) is 12.8. The highest BCUT2D eigenvalue weighted by molar-refractivity contribution is 7.72. The maximum Gasteiger partial charge on any atom is 0.269 e. The third kappa shape index (κ3) is 3.66. The molecule has 0 aliphatic rings. The SMILES string of the molecule is O=[N+]([O-])c1ccc(F)c(CP(c2ccccc2)c2ccccc2)c1. The monoisotopic (exact) mass is 339 g/mol. The standard InChI is InChI=1S/C19H15FNO2P/c20-19-12-11-16(21(22)23)13-15(19)14-24(17-7-3-1-4-8-17)18-9-5-2-6-10-18/h1-13H,14H2. The molecule has 0 aliphatic heterocycles. The zero-order chi connectivity index (χ0) is 16.9. The van der Waals surface area contributed by atoms with Crippen LogP contribution in [0.5, 0.6) is 0 Å². The Morgan fingerprint density at radius 1 is 0.875 bits per heavy atom. The van der Waals surface area contributed by atoms with Crippen LogP contribution in [-0.4, -0.2) is 4.92 Å². The number of rotatable bonds is 5. The lowest BCUT2D eigenvalue weighted by Crippen LogP contribution is -2.13. The number of benzene rings is 3. The summed E-state index contributed by atoms with van der Waals surface area (Å²) in [5.41, 5.74) is 0.297. The van der Waals surface area contributed by atoms with Crippen LogP contribution in [0.1, 0.15) is 5.56 Å². The van der Waals surface area contributed by atoms with E-state index in [2.05, 4.69) is 0 Å². The molecular formula is C19H15FNO2P. The summed E-state index contributed by atoms with van der Waals surface area (Å²) >= 11 is 0. The van der Waals surface area contributed by atoms with E-state index >= 15 is 0 Å². The Hall–Kier alpha value is -2.58. The normalized spacial score (nSPS) is 10.8. The van der Waals surface area contributed by atoms with Crippen molar-refractivity contribution in [1.29, 1.82) is 0 Å². The average Bonchev–Trinajstić information content (AvgIpc) is 2.62.